The van der Waals surface area contributed by atoms with E-state index in [1.54, 1.807) is 6.92 Å². The Hall–Kier alpha value is -3.19. The first-order valence-corrected chi connectivity index (χ1v) is 11.6. The molecule has 1 fully saturated rings. The van der Waals surface area contributed by atoms with Crippen molar-refractivity contribution in [3.8, 4) is 5.75 Å². The molecule has 4 rings (SSSR count). The van der Waals surface area contributed by atoms with Gasteiger partial charge in [0, 0.05) is 37.6 Å². The Labute approximate surface area is 188 Å². The number of fused-ring (bicyclic) bond motifs is 2. The molecule has 2 amide bonds. The molecule has 33 heavy (non-hydrogen) atoms. The second-order valence-corrected chi connectivity index (χ2v) is 9.33. The second kappa shape index (κ2) is 8.63. The standard InChI is InChI=1S/C20H22F2N4O6S/c1-3-31-20(28)26-7-6-14-15(26)10-32-18-16(33(29,30)24-14)9-25(2)17(18)19(27)23-11-4-5-12(21)13(22)8-11/h4-5,8-9,14-15,24H,3,6-7,10H2,1-2H3,(H,23,27)/t14-,15-/m1/s1. The molecule has 178 valence electrons. The van der Waals surface area contributed by atoms with Crippen molar-refractivity contribution in [2.75, 3.05) is 25.1 Å². The van der Waals surface area contributed by atoms with Gasteiger partial charge in [-0.15, -0.1) is 0 Å². The SMILES string of the molecule is CCOC(=O)N1CC[C@H]2NS(=O)(=O)c3cn(C)c(C(=O)Nc4ccc(F)c(F)c4)c3OC[C@H]21. The summed E-state index contributed by atoms with van der Waals surface area (Å²) in [5, 5.41) is 2.41. The number of nitrogens with one attached hydrogen (secondary N) is 2. The van der Waals surface area contributed by atoms with Gasteiger partial charge in [0.25, 0.3) is 5.91 Å². The highest BCUT2D eigenvalue weighted by Gasteiger charge is 2.44. The molecule has 2 aliphatic rings. The van der Waals surface area contributed by atoms with E-state index in [1.807, 2.05) is 0 Å². The Bertz CT molecular complexity index is 1220. The van der Waals surface area contributed by atoms with Gasteiger partial charge >= 0.3 is 6.09 Å². The summed E-state index contributed by atoms with van der Waals surface area (Å²) < 4.78 is 67.5. The number of amides is 2. The molecule has 3 heterocycles. The molecule has 1 aromatic carbocycles. The summed E-state index contributed by atoms with van der Waals surface area (Å²) in [7, 11) is -2.65. The molecule has 2 N–H and O–H groups in total. The molecular formula is C20H22F2N4O6S. The molecule has 1 saturated heterocycles. The smallest absolute Gasteiger partial charge is 0.410 e. The van der Waals surface area contributed by atoms with E-state index in [-0.39, 0.29) is 41.8 Å². The van der Waals surface area contributed by atoms with Crippen LogP contribution in [0.15, 0.2) is 29.3 Å². The van der Waals surface area contributed by atoms with Gasteiger partial charge in [-0.05, 0) is 25.5 Å². The zero-order valence-electron chi connectivity index (χ0n) is 17.8. The fraction of sp³-hybridized carbons (Fsp3) is 0.400. The molecule has 2 aromatic rings. The van der Waals surface area contributed by atoms with E-state index < -0.39 is 45.7 Å². The highest BCUT2D eigenvalue weighted by molar-refractivity contribution is 7.89. The lowest BCUT2D eigenvalue weighted by atomic mass is 10.1. The maximum Gasteiger partial charge on any atom is 0.410 e. The van der Waals surface area contributed by atoms with Crippen LogP contribution in [0.25, 0.3) is 0 Å². The maximum absolute atomic E-state index is 13.5. The number of anilines is 1. The van der Waals surface area contributed by atoms with Gasteiger partial charge < -0.3 is 24.3 Å². The summed E-state index contributed by atoms with van der Waals surface area (Å²) in [4.78, 5) is 26.4. The maximum atomic E-state index is 13.5. The highest BCUT2D eigenvalue weighted by atomic mass is 32.2. The third kappa shape index (κ3) is 4.25. The zero-order valence-corrected chi connectivity index (χ0v) is 18.6. The number of hydrogen-bond donors (Lipinski definition) is 2. The summed E-state index contributed by atoms with van der Waals surface area (Å²) in [5.41, 5.74) is -0.163. The topological polar surface area (TPSA) is 119 Å². The van der Waals surface area contributed by atoms with Crippen molar-refractivity contribution in [3.05, 3.63) is 41.7 Å². The van der Waals surface area contributed by atoms with Crippen LogP contribution < -0.4 is 14.8 Å². The first-order chi connectivity index (χ1) is 15.6. The van der Waals surface area contributed by atoms with E-state index >= 15 is 0 Å². The van der Waals surface area contributed by atoms with Crippen molar-refractivity contribution in [1.82, 2.24) is 14.2 Å². The predicted molar refractivity (Wildman–Crippen MR) is 111 cm³/mol. The third-order valence-electron chi connectivity index (χ3n) is 5.54. The van der Waals surface area contributed by atoms with Gasteiger partial charge in [0.15, 0.2) is 23.1 Å². The molecule has 0 bridgehead atoms. The van der Waals surface area contributed by atoms with Crippen LogP contribution in [0.3, 0.4) is 0 Å². The van der Waals surface area contributed by atoms with Gasteiger partial charge in [0.05, 0.1) is 12.6 Å². The average molecular weight is 484 g/mol. The van der Waals surface area contributed by atoms with Crippen LogP contribution in [0.4, 0.5) is 19.3 Å². The van der Waals surface area contributed by atoms with Crippen LogP contribution in [-0.2, 0) is 21.8 Å². The van der Waals surface area contributed by atoms with Gasteiger partial charge in [-0.25, -0.2) is 26.7 Å². The van der Waals surface area contributed by atoms with Crippen molar-refractivity contribution < 1.29 is 36.3 Å². The van der Waals surface area contributed by atoms with Crippen molar-refractivity contribution in [2.45, 2.75) is 30.3 Å². The van der Waals surface area contributed by atoms with Gasteiger partial charge in [0.1, 0.15) is 11.5 Å². The molecule has 13 heteroatoms. The fourth-order valence-electron chi connectivity index (χ4n) is 4.00. The lowest BCUT2D eigenvalue weighted by molar-refractivity contribution is 0.0868. The van der Waals surface area contributed by atoms with Crippen LogP contribution >= 0.6 is 0 Å². The van der Waals surface area contributed by atoms with E-state index in [1.165, 1.54) is 28.8 Å². The summed E-state index contributed by atoms with van der Waals surface area (Å²) in [6, 6.07) is 1.60. The lowest BCUT2D eigenvalue weighted by Crippen LogP contribution is -2.51. The molecule has 2 atom stereocenters. The van der Waals surface area contributed by atoms with Gasteiger partial charge in [-0.2, -0.15) is 0 Å². The van der Waals surface area contributed by atoms with Crippen molar-refractivity contribution in [2.24, 2.45) is 7.05 Å². The predicted octanol–water partition coefficient (Wildman–Crippen LogP) is 1.83. The van der Waals surface area contributed by atoms with Gasteiger partial charge in [-0.3, -0.25) is 4.79 Å². The average Bonchev–Trinajstić information content (AvgIpc) is 3.28. The van der Waals surface area contributed by atoms with E-state index in [9.17, 15) is 26.8 Å². The Morgan fingerprint density at radius 3 is 2.76 bits per heavy atom. The zero-order chi connectivity index (χ0) is 23.9. The Balaban J connectivity index is 1.67. The molecule has 0 saturated carbocycles. The van der Waals surface area contributed by atoms with E-state index in [0.29, 0.717) is 6.42 Å². The van der Waals surface area contributed by atoms with E-state index in [0.717, 1.165) is 12.1 Å². The van der Waals surface area contributed by atoms with Crippen LogP contribution in [-0.4, -0.2) is 61.7 Å². The third-order valence-corrected chi connectivity index (χ3v) is 7.02. The molecule has 0 aliphatic carbocycles. The molecular weight excluding hydrogens is 462 g/mol. The first-order valence-electron chi connectivity index (χ1n) is 10.2. The Morgan fingerprint density at radius 1 is 1.30 bits per heavy atom. The normalized spacial score (nSPS) is 21.3. The number of aryl methyl sites for hydroxylation is 1. The Morgan fingerprint density at radius 2 is 2.06 bits per heavy atom. The minimum Gasteiger partial charge on any atom is -0.487 e. The number of carbonyl (C=O) groups is 2. The number of nitrogens with zero attached hydrogens (tertiary/aromatic N) is 2. The second-order valence-electron chi connectivity index (χ2n) is 7.65. The number of hydrogen-bond acceptors (Lipinski definition) is 6. The largest absolute Gasteiger partial charge is 0.487 e. The monoisotopic (exact) mass is 484 g/mol. The minimum atomic E-state index is -4.10. The van der Waals surface area contributed by atoms with Crippen LogP contribution in [0.5, 0.6) is 5.75 Å². The number of halogens is 2. The van der Waals surface area contributed by atoms with Crippen LogP contribution in [0.1, 0.15) is 23.8 Å². The summed E-state index contributed by atoms with van der Waals surface area (Å²) >= 11 is 0. The molecule has 10 nitrogen and oxygen atoms in total. The Kier molecular flexibility index (Phi) is 6.01. The number of sulfonamides is 1. The van der Waals surface area contributed by atoms with Crippen LogP contribution in [0.2, 0.25) is 0 Å². The van der Waals surface area contributed by atoms with Crippen LogP contribution in [0, 0.1) is 11.6 Å². The van der Waals surface area contributed by atoms with Crippen molar-refractivity contribution in [1.29, 1.82) is 0 Å². The summed E-state index contributed by atoms with van der Waals surface area (Å²) in [5.74, 6) is -3.22. The van der Waals surface area contributed by atoms with E-state index in [2.05, 4.69) is 10.0 Å². The molecule has 0 spiro atoms. The van der Waals surface area contributed by atoms with E-state index in [4.69, 9.17) is 9.47 Å². The molecule has 0 radical (unpaired) electrons. The molecule has 1 aromatic heterocycles. The van der Waals surface area contributed by atoms with Gasteiger partial charge in [-0.1, -0.05) is 0 Å². The number of likely N-dealkylation sites (tertiary alicyclic amines) is 1. The summed E-state index contributed by atoms with van der Waals surface area (Å²) in [6.45, 7) is 2.02. The number of benzene rings is 1. The summed E-state index contributed by atoms with van der Waals surface area (Å²) in [6.07, 6.45) is 1.02. The minimum absolute atomic E-state index is 0.0231. The molecule has 0 unspecified atom stereocenters. The number of aromatic nitrogens is 1. The fourth-order valence-corrected chi connectivity index (χ4v) is 5.49. The number of ether oxygens (including phenoxy) is 2. The molecule has 2 aliphatic heterocycles. The quantitative estimate of drug-likeness (QED) is 0.686. The number of carbonyl (C=O) groups excluding carboxylic acids is 2. The number of rotatable bonds is 3. The first kappa shape index (κ1) is 23.0. The highest BCUT2D eigenvalue weighted by Crippen LogP contribution is 2.34. The van der Waals surface area contributed by atoms with Crippen molar-refractivity contribution in [3.63, 3.8) is 0 Å². The van der Waals surface area contributed by atoms with Crippen molar-refractivity contribution >= 4 is 27.7 Å². The lowest BCUT2D eigenvalue weighted by Gasteiger charge is -2.29. The van der Waals surface area contributed by atoms with Gasteiger partial charge in [0.2, 0.25) is 10.0 Å².